The second kappa shape index (κ2) is 8.26. The Morgan fingerprint density at radius 3 is 2.22 bits per heavy atom. The van der Waals surface area contributed by atoms with E-state index in [2.05, 4.69) is 0 Å². The standard InChI is InChI=1S/C23H20O13/c1-6-14(26)20(33-7(2)24)16(28)23(32-6)36-17-10(25)4-8-13-12-9(22(30)35-19(13)17)5-11(31-3)15(27)18(12)34-21(8)29/h4-6,14,16,20,23,25-28H,1-3H3. The van der Waals surface area contributed by atoms with E-state index in [4.69, 9.17) is 27.8 Å². The molecule has 1 aliphatic rings. The molecule has 13 heteroatoms. The highest BCUT2D eigenvalue weighted by Gasteiger charge is 2.46. The van der Waals surface area contributed by atoms with Gasteiger partial charge in [-0.15, -0.1) is 0 Å². The van der Waals surface area contributed by atoms with Gasteiger partial charge < -0.3 is 48.2 Å². The van der Waals surface area contributed by atoms with E-state index in [1.807, 2.05) is 0 Å². The van der Waals surface area contributed by atoms with E-state index < -0.39 is 70.8 Å². The van der Waals surface area contributed by atoms with Crippen molar-refractivity contribution in [3.05, 3.63) is 33.0 Å². The minimum absolute atomic E-state index is 0.00527. The highest BCUT2D eigenvalue weighted by molar-refractivity contribution is 6.22. The highest BCUT2D eigenvalue weighted by atomic mass is 16.7. The van der Waals surface area contributed by atoms with Crippen LogP contribution >= 0.6 is 0 Å². The molecule has 36 heavy (non-hydrogen) atoms. The summed E-state index contributed by atoms with van der Waals surface area (Å²) in [4.78, 5) is 37.0. The third kappa shape index (κ3) is 3.39. The first kappa shape index (κ1) is 23.7. The van der Waals surface area contributed by atoms with Gasteiger partial charge in [0.15, 0.2) is 34.9 Å². The molecule has 0 radical (unpaired) electrons. The van der Waals surface area contributed by atoms with Crippen LogP contribution in [0.5, 0.6) is 23.0 Å². The fraction of sp³-hybridized carbons (Fsp3) is 0.348. The number of phenols is 2. The maximum atomic E-state index is 12.9. The second-order valence-electron chi connectivity index (χ2n) is 8.32. The molecule has 190 valence electrons. The monoisotopic (exact) mass is 504 g/mol. The number of ether oxygens (including phenoxy) is 4. The van der Waals surface area contributed by atoms with Gasteiger partial charge in [0.25, 0.3) is 0 Å². The molecular weight excluding hydrogens is 484 g/mol. The molecule has 3 heterocycles. The predicted molar refractivity (Wildman–Crippen MR) is 120 cm³/mol. The summed E-state index contributed by atoms with van der Waals surface area (Å²) in [6.07, 6.45) is -7.12. The SMILES string of the molecule is COc1cc2c(=O)oc3c(OC4OC(C)C(O)C(OC(C)=O)C4O)c(O)cc4c(=O)oc(c1O)c2c34. The highest BCUT2D eigenvalue weighted by Crippen LogP contribution is 2.46. The summed E-state index contributed by atoms with van der Waals surface area (Å²) >= 11 is 0. The fourth-order valence-electron chi connectivity index (χ4n) is 4.37. The molecule has 4 aromatic rings. The number of esters is 1. The number of carbonyl (C=O) groups excluding carboxylic acids is 1. The first-order chi connectivity index (χ1) is 17.0. The Balaban J connectivity index is 1.74. The zero-order chi connectivity index (χ0) is 26.0. The maximum Gasteiger partial charge on any atom is 0.344 e. The summed E-state index contributed by atoms with van der Waals surface area (Å²) in [6, 6.07) is 2.21. The van der Waals surface area contributed by atoms with Crippen LogP contribution in [0.3, 0.4) is 0 Å². The number of hydrogen-bond donors (Lipinski definition) is 4. The van der Waals surface area contributed by atoms with Crippen molar-refractivity contribution in [2.24, 2.45) is 0 Å². The minimum atomic E-state index is -1.72. The van der Waals surface area contributed by atoms with Gasteiger partial charge in [-0.1, -0.05) is 0 Å². The van der Waals surface area contributed by atoms with Crippen LogP contribution in [0.4, 0.5) is 0 Å². The minimum Gasteiger partial charge on any atom is -0.504 e. The first-order valence-electron chi connectivity index (χ1n) is 10.7. The van der Waals surface area contributed by atoms with Crippen molar-refractivity contribution in [1.82, 2.24) is 0 Å². The molecule has 0 amide bonds. The van der Waals surface area contributed by atoms with Gasteiger partial charge in [-0.3, -0.25) is 4.79 Å². The average molecular weight is 504 g/mol. The zero-order valence-corrected chi connectivity index (χ0v) is 19.0. The number of rotatable bonds is 4. The lowest BCUT2D eigenvalue weighted by Crippen LogP contribution is -2.59. The van der Waals surface area contributed by atoms with Crippen molar-refractivity contribution < 1.29 is 53.0 Å². The number of methoxy groups -OCH3 is 1. The summed E-state index contributed by atoms with van der Waals surface area (Å²) < 4.78 is 31.8. The van der Waals surface area contributed by atoms with Crippen LogP contribution in [0.25, 0.3) is 32.7 Å². The lowest BCUT2D eigenvalue weighted by Gasteiger charge is -2.40. The first-order valence-corrected chi connectivity index (χ1v) is 10.7. The van der Waals surface area contributed by atoms with E-state index in [9.17, 15) is 34.8 Å². The van der Waals surface area contributed by atoms with Crippen LogP contribution in [0.1, 0.15) is 13.8 Å². The van der Waals surface area contributed by atoms with E-state index >= 15 is 0 Å². The Kier molecular flexibility index (Phi) is 5.43. The molecule has 1 aliphatic heterocycles. The van der Waals surface area contributed by atoms with Gasteiger partial charge >= 0.3 is 17.2 Å². The summed E-state index contributed by atoms with van der Waals surface area (Å²) in [6.45, 7) is 2.53. The Bertz CT molecular complexity index is 1620. The van der Waals surface area contributed by atoms with Crippen LogP contribution < -0.4 is 20.7 Å². The van der Waals surface area contributed by atoms with E-state index in [1.165, 1.54) is 20.1 Å². The molecule has 0 aliphatic carbocycles. The fourth-order valence-corrected chi connectivity index (χ4v) is 4.37. The number of aromatic hydroxyl groups is 2. The van der Waals surface area contributed by atoms with Crippen LogP contribution in [-0.4, -0.2) is 64.2 Å². The molecule has 5 unspecified atom stereocenters. The van der Waals surface area contributed by atoms with Crippen molar-refractivity contribution in [3.63, 3.8) is 0 Å². The number of hydrogen-bond acceptors (Lipinski definition) is 13. The van der Waals surface area contributed by atoms with Gasteiger partial charge in [-0.05, 0) is 19.1 Å². The lowest BCUT2D eigenvalue weighted by molar-refractivity contribution is -0.272. The largest absolute Gasteiger partial charge is 0.504 e. The average Bonchev–Trinajstić information content (AvgIpc) is 2.82. The topological polar surface area (TPSA) is 195 Å². The Morgan fingerprint density at radius 1 is 0.972 bits per heavy atom. The van der Waals surface area contributed by atoms with Gasteiger partial charge in [-0.2, -0.15) is 0 Å². The molecule has 2 aromatic carbocycles. The van der Waals surface area contributed by atoms with E-state index in [0.29, 0.717) is 0 Å². The Labute approximate surface area is 199 Å². The Hall–Kier alpha value is -4.07. The van der Waals surface area contributed by atoms with Crippen molar-refractivity contribution >= 4 is 38.7 Å². The van der Waals surface area contributed by atoms with E-state index in [1.54, 1.807) is 0 Å². The maximum absolute atomic E-state index is 12.9. The summed E-state index contributed by atoms with van der Waals surface area (Å²) in [5, 5.41) is 41.9. The predicted octanol–water partition coefficient (Wildman–Crippen LogP) is 0.687. The molecule has 5 rings (SSSR count). The number of benzene rings is 2. The van der Waals surface area contributed by atoms with Crippen molar-refractivity contribution in [1.29, 1.82) is 0 Å². The molecule has 1 fully saturated rings. The third-order valence-electron chi connectivity index (χ3n) is 6.05. The van der Waals surface area contributed by atoms with Crippen molar-refractivity contribution in [2.75, 3.05) is 7.11 Å². The van der Waals surface area contributed by atoms with Crippen molar-refractivity contribution in [2.45, 2.75) is 44.6 Å². The summed E-state index contributed by atoms with van der Waals surface area (Å²) in [7, 11) is 1.24. The zero-order valence-electron chi connectivity index (χ0n) is 19.0. The van der Waals surface area contributed by atoms with Gasteiger partial charge in [0.05, 0.1) is 24.0 Å². The lowest BCUT2D eigenvalue weighted by atomic mass is 9.99. The number of aliphatic hydroxyl groups is 2. The molecular formula is C23H20O13. The molecule has 0 spiro atoms. The van der Waals surface area contributed by atoms with E-state index in [0.717, 1.165) is 13.0 Å². The van der Waals surface area contributed by atoms with Crippen LogP contribution in [-0.2, 0) is 14.3 Å². The van der Waals surface area contributed by atoms with Gasteiger partial charge in [0.1, 0.15) is 6.10 Å². The number of carbonyl (C=O) groups is 1. The number of aliphatic hydroxyl groups excluding tert-OH is 2. The molecule has 13 nitrogen and oxygen atoms in total. The number of phenolic OH excluding ortho intramolecular Hbond substituents is 2. The molecule has 2 aromatic heterocycles. The molecule has 0 bridgehead atoms. The molecule has 1 saturated heterocycles. The Morgan fingerprint density at radius 2 is 1.58 bits per heavy atom. The quantitative estimate of drug-likeness (QED) is 0.172. The van der Waals surface area contributed by atoms with Crippen LogP contribution in [0.2, 0.25) is 0 Å². The van der Waals surface area contributed by atoms with E-state index in [-0.39, 0.29) is 32.9 Å². The van der Waals surface area contributed by atoms with Gasteiger partial charge in [0, 0.05) is 17.7 Å². The summed E-state index contributed by atoms with van der Waals surface area (Å²) in [5.41, 5.74) is -2.66. The smallest absolute Gasteiger partial charge is 0.344 e. The van der Waals surface area contributed by atoms with Gasteiger partial charge in [-0.25, -0.2) is 9.59 Å². The van der Waals surface area contributed by atoms with Gasteiger partial charge in [0.2, 0.25) is 17.8 Å². The van der Waals surface area contributed by atoms with Crippen molar-refractivity contribution in [3.8, 4) is 23.0 Å². The summed E-state index contributed by atoms with van der Waals surface area (Å²) in [5.74, 6) is -2.61. The molecule has 5 atom stereocenters. The van der Waals surface area contributed by atoms with Crippen LogP contribution in [0, 0.1) is 0 Å². The molecule has 4 N–H and O–H groups in total. The molecule has 0 saturated carbocycles. The van der Waals surface area contributed by atoms with Crippen LogP contribution in [0.15, 0.2) is 30.6 Å². The second-order valence-corrected chi connectivity index (χ2v) is 8.32. The third-order valence-corrected chi connectivity index (χ3v) is 6.05. The normalized spacial score (nSPS) is 24.4.